The molecular formula is C14H17FN2O3. The van der Waals surface area contributed by atoms with Gasteiger partial charge in [0.05, 0.1) is 6.42 Å². The maximum absolute atomic E-state index is 13.1. The third-order valence-electron chi connectivity index (χ3n) is 3.38. The molecule has 108 valence electrons. The van der Waals surface area contributed by atoms with Crippen LogP contribution in [0.25, 0.3) is 0 Å². The first-order valence-corrected chi connectivity index (χ1v) is 6.46. The van der Waals surface area contributed by atoms with E-state index in [9.17, 15) is 14.0 Å². The quantitative estimate of drug-likeness (QED) is 0.864. The zero-order chi connectivity index (χ0) is 14.7. The lowest BCUT2D eigenvalue weighted by Crippen LogP contribution is -2.39. The van der Waals surface area contributed by atoms with Crippen molar-refractivity contribution < 1.29 is 19.1 Å². The molecule has 0 heterocycles. The molecule has 1 fully saturated rings. The second kappa shape index (κ2) is 5.90. The number of benzene rings is 1. The van der Waals surface area contributed by atoms with Gasteiger partial charge in [0, 0.05) is 25.6 Å². The van der Waals surface area contributed by atoms with Crippen LogP contribution in [-0.2, 0) is 4.79 Å². The lowest BCUT2D eigenvalue weighted by atomic mass is 10.1. The number of urea groups is 1. The summed E-state index contributed by atoms with van der Waals surface area (Å²) in [4.78, 5) is 23.6. The van der Waals surface area contributed by atoms with Crippen molar-refractivity contribution in [2.24, 2.45) is 0 Å². The highest BCUT2D eigenvalue weighted by molar-refractivity contribution is 5.76. The largest absolute Gasteiger partial charge is 0.481 e. The molecule has 1 aromatic carbocycles. The van der Waals surface area contributed by atoms with E-state index in [0.29, 0.717) is 0 Å². The van der Waals surface area contributed by atoms with Gasteiger partial charge in [0.1, 0.15) is 5.82 Å². The summed E-state index contributed by atoms with van der Waals surface area (Å²) >= 11 is 0. The number of hydrogen-bond acceptors (Lipinski definition) is 2. The van der Waals surface area contributed by atoms with Crippen molar-refractivity contribution in [1.82, 2.24) is 10.2 Å². The van der Waals surface area contributed by atoms with Crippen LogP contribution in [0.2, 0.25) is 0 Å². The van der Waals surface area contributed by atoms with E-state index in [1.54, 1.807) is 13.1 Å². The first kappa shape index (κ1) is 14.3. The van der Waals surface area contributed by atoms with Crippen molar-refractivity contribution in [1.29, 1.82) is 0 Å². The Morgan fingerprint density at radius 1 is 1.50 bits per heavy atom. The minimum Gasteiger partial charge on any atom is -0.481 e. The van der Waals surface area contributed by atoms with Gasteiger partial charge in [0.25, 0.3) is 0 Å². The Bertz CT molecular complexity index is 521. The summed E-state index contributed by atoms with van der Waals surface area (Å²) in [6, 6.07) is 6.06. The number of halogens is 1. The Labute approximate surface area is 116 Å². The Balaban J connectivity index is 1.81. The van der Waals surface area contributed by atoms with E-state index in [-0.39, 0.29) is 36.8 Å². The fourth-order valence-corrected chi connectivity index (χ4v) is 2.09. The molecule has 1 aromatic rings. The van der Waals surface area contributed by atoms with Gasteiger partial charge in [-0.3, -0.25) is 4.79 Å². The second-order valence-corrected chi connectivity index (χ2v) is 5.02. The average Bonchev–Trinajstić information content (AvgIpc) is 3.15. The number of carboxylic acid groups (broad SMARTS) is 1. The summed E-state index contributed by atoms with van der Waals surface area (Å²) in [5.74, 6) is -1.07. The Morgan fingerprint density at radius 2 is 2.25 bits per heavy atom. The zero-order valence-electron chi connectivity index (χ0n) is 11.2. The van der Waals surface area contributed by atoms with Crippen molar-refractivity contribution in [2.45, 2.75) is 24.8 Å². The number of nitrogens with one attached hydrogen (secondary N) is 1. The van der Waals surface area contributed by atoms with Crippen LogP contribution in [0.3, 0.4) is 0 Å². The van der Waals surface area contributed by atoms with E-state index < -0.39 is 5.97 Å². The molecule has 2 atom stereocenters. The summed E-state index contributed by atoms with van der Waals surface area (Å²) in [6.07, 6.45) is 0.698. The van der Waals surface area contributed by atoms with E-state index in [1.807, 2.05) is 6.07 Å². The maximum Gasteiger partial charge on any atom is 0.317 e. The van der Waals surface area contributed by atoms with Crippen LogP contribution < -0.4 is 5.32 Å². The highest BCUT2D eigenvalue weighted by atomic mass is 19.1. The average molecular weight is 280 g/mol. The zero-order valence-corrected chi connectivity index (χ0v) is 11.2. The Morgan fingerprint density at radius 3 is 2.90 bits per heavy atom. The lowest BCUT2D eigenvalue weighted by Gasteiger charge is -2.17. The van der Waals surface area contributed by atoms with Crippen molar-refractivity contribution in [3.05, 3.63) is 35.6 Å². The molecule has 1 saturated carbocycles. The molecule has 5 nitrogen and oxygen atoms in total. The Hall–Kier alpha value is -2.11. The van der Waals surface area contributed by atoms with Gasteiger partial charge in [0.15, 0.2) is 0 Å². The van der Waals surface area contributed by atoms with Gasteiger partial charge in [-0.1, -0.05) is 12.1 Å². The normalized spacial score (nSPS) is 20.3. The van der Waals surface area contributed by atoms with Crippen LogP contribution in [0.1, 0.15) is 24.3 Å². The van der Waals surface area contributed by atoms with Gasteiger partial charge in [-0.05, 0) is 24.1 Å². The van der Waals surface area contributed by atoms with E-state index in [4.69, 9.17) is 5.11 Å². The topological polar surface area (TPSA) is 69.6 Å². The van der Waals surface area contributed by atoms with E-state index in [2.05, 4.69) is 5.32 Å². The Kier molecular flexibility index (Phi) is 4.22. The third-order valence-corrected chi connectivity index (χ3v) is 3.38. The molecule has 0 saturated heterocycles. The molecule has 0 spiro atoms. The van der Waals surface area contributed by atoms with Crippen LogP contribution in [0.4, 0.5) is 9.18 Å². The number of aliphatic carboxylic acids is 1. The van der Waals surface area contributed by atoms with Crippen molar-refractivity contribution >= 4 is 12.0 Å². The summed E-state index contributed by atoms with van der Waals surface area (Å²) in [5.41, 5.74) is 0.878. The molecular weight excluding hydrogens is 263 g/mol. The maximum atomic E-state index is 13.1. The minimum atomic E-state index is -0.936. The fourth-order valence-electron chi connectivity index (χ4n) is 2.09. The highest BCUT2D eigenvalue weighted by Gasteiger charge is 2.40. The number of carbonyl (C=O) groups excluding carboxylic acids is 1. The van der Waals surface area contributed by atoms with Crippen molar-refractivity contribution in [3.8, 4) is 0 Å². The van der Waals surface area contributed by atoms with Gasteiger partial charge in [0.2, 0.25) is 0 Å². The van der Waals surface area contributed by atoms with Gasteiger partial charge in [-0.15, -0.1) is 0 Å². The minimum absolute atomic E-state index is 0.00317. The van der Waals surface area contributed by atoms with Gasteiger partial charge in [-0.2, -0.15) is 0 Å². The van der Waals surface area contributed by atoms with Gasteiger partial charge < -0.3 is 15.3 Å². The summed E-state index contributed by atoms with van der Waals surface area (Å²) in [6.45, 7) is 0.165. The van der Waals surface area contributed by atoms with Crippen LogP contribution in [0.15, 0.2) is 24.3 Å². The highest BCUT2D eigenvalue weighted by Crippen LogP contribution is 2.40. The van der Waals surface area contributed by atoms with Crippen molar-refractivity contribution in [2.75, 3.05) is 13.6 Å². The van der Waals surface area contributed by atoms with Crippen molar-refractivity contribution in [3.63, 3.8) is 0 Å². The SMILES string of the molecule is CN(CCC(=O)O)C(=O)N[C@@H]1C[C@H]1c1cccc(F)c1. The van der Waals surface area contributed by atoms with Gasteiger partial charge in [-0.25, -0.2) is 9.18 Å². The van der Waals surface area contributed by atoms with Crippen LogP contribution in [-0.4, -0.2) is 41.6 Å². The number of rotatable bonds is 5. The number of amides is 2. The molecule has 0 unspecified atom stereocenters. The molecule has 0 radical (unpaired) electrons. The molecule has 2 amide bonds. The standard InChI is InChI=1S/C14H17FN2O3/c1-17(6-5-13(18)19)14(20)16-12-8-11(12)9-3-2-4-10(15)7-9/h2-4,7,11-12H,5-6,8H2,1H3,(H,16,20)(H,18,19)/t11-,12+/m0/s1. The summed E-state index contributed by atoms with van der Waals surface area (Å²) in [7, 11) is 1.55. The van der Waals surface area contributed by atoms with Crippen LogP contribution in [0, 0.1) is 5.82 Å². The number of carbonyl (C=O) groups is 2. The first-order chi connectivity index (χ1) is 9.47. The predicted molar refractivity (Wildman–Crippen MR) is 71.0 cm³/mol. The van der Waals surface area contributed by atoms with Crippen LogP contribution >= 0.6 is 0 Å². The predicted octanol–water partition coefficient (Wildman–Crippen LogP) is 1.80. The number of nitrogens with zero attached hydrogens (tertiary/aromatic N) is 1. The van der Waals surface area contributed by atoms with E-state index in [0.717, 1.165) is 12.0 Å². The number of carboxylic acids is 1. The smallest absolute Gasteiger partial charge is 0.317 e. The molecule has 0 bridgehead atoms. The first-order valence-electron chi connectivity index (χ1n) is 6.46. The third kappa shape index (κ3) is 3.69. The lowest BCUT2D eigenvalue weighted by molar-refractivity contribution is -0.137. The molecule has 1 aliphatic carbocycles. The molecule has 1 aliphatic rings. The second-order valence-electron chi connectivity index (χ2n) is 5.02. The summed E-state index contributed by atoms with van der Waals surface area (Å²) < 4.78 is 13.1. The molecule has 0 aliphatic heterocycles. The fraction of sp³-hybridized carbons (Fsp3) is 0.429. The molecule has 20 heavy (non-hydrogen) atoms. The molecule has 2 N–H and O–H groups in total. The van der Waals surface area contributed by atoms with Gasteiger partial charge >= 0.3 is 12.0 Å². The molecule has 6 heteroatoms. The molecule has 2 rings (SSSR count). The van der Waals surface area contributed by atoms with E-state index >= 15 is 0 Å². The summed E-state index contributed by atoms with van der Waals surface area (Å²) in [5, 5.41) is 11.4. The monoisotopic (exact) mass is 280 g/mol. The van der Waals surface area contributed by atoms with Crippen LogP contribution in [0.5, 0.6) is 0 Å². The number of hydrogen-bond donors (Lipinski definition) is 2. The molecule has 0 aromatic heterocycles. The van der Waals surface area contributed by atoms with E-state index in [1.165, 1.54) is 17.0 Å².